The summed E-state index contributed by atoms with van der Waals surface area (Å²) < 4.78 is 10.9. The average molecular weight is 273 g/mol. The van der Waals surface area contributed by atoms with E-state index in [0.717, 1.165) is 17.9 Å². The van der Waals surface area contributed by atoms with Gasteiger partial charge >= 0.3 is 0 Å². The molecule has 0 spiro atoms. The maximum absolute atomic E-state index is 5.54. The molecule has 1 aromatic carbocycles. The zero-order valence-corrected chi connectivity index (χ0v) is 12.6. The van der Waals surface area contributed by atoms with Gasteiger partial charge in [-0.2, -0.15) is 0 Å². The van der Waals surface area contributed by atoms with E-state index >= 15 is 0 Å². The Morgan fingerprint density at radius 3 is 2.70 bits per heavy atom. The van der Waals surface area contributed by atoms with Gasteiger partial charge in [0.2, 0.25) is 0 Å². The van der Waals surface area contributed by atoms with Crippen molar-refractivity contribution in [2.24, 2.45) is 0 Å². The van der Waals surface area contributed by atoms with Crippen LogP contribution in [-0.4, -0.2) is 38.3 Å². The Morgan fingerprint density at radius 2 is 2.00 bits per heavy atom. The number of rotatable bonds is 3. The Morgan fingerprint density at radius 1 is 1.15 bits per heavy atom. The molecule has 0 aromatic heterocycles. The summed E-state index contributed by atoms with van der Waals surface area (Å²) in [6.45, 7) is 0. The van der Waals surface area contributed by atoms with Crippen LogP contribution in [0.15, 0.2) is 24.3 Å². The molecule has 2 unspecified atom stereocenters. The third-order valence-electron chi connectivity index (χ3n) is 4.74. The summed E-state index contributed by atoms with van der Waals surface area (Å²) in [4.78, 5) is 2.53. The van der Waals surface area contributed by atoms with Gasteiger partial charge in [0, 0.05) is 17.6 Å². The van der Waals surface area contributed by atoms with Crippen molar-refractivity contribution < 1.29 is 9.47 Å². The molecule has 0 amide bonds. The molecule has 2 bridgehead atoms. The molecule has 0 aliphatic carbocycles. The van der Waals surface area contributed by atoms with E-state index in [-0.39, 0.29) is 0 Å². The predicted molar refractivity (Wildman–Crippen MR) is 81.3 cm³/mol. The molecule has 1 fully saturated rings. The van der Waals surface area contributed by atoms with Crippen LogP contribution in [0.5, 0.6) is 11.5 Å². The van der Waals surface area contributed by atoms with Crippen LogP contribution in [0.1, 0.15) is 31.2 Å². The van der Waals surface area contributed by atoms with E-state index in [1.54, 1.807) is 14.2 Å². The second kappa shape index (κ2) is 5.49. The summed E-state index contributed by atoms with van der Waals surface area (Å²) in [7, 11) is 5.70. The van der Waals surface area contributed by atoms with Crippen LogP contribution in [0.3, 0.4) is 0 Å². The summed E-state index contributed by atoms with van der Waals surface area (Å²) in [6, 6.07) is 7.31. The summed E-state index contributed by atoms with van der Waals surface area (Å²) in [5.41, 5.74) is 2.60. The lowest BCUT2D eigenvalue weighted by Crippen LogP contribution is -2.45. The number of hydrogen-bond donors (Lipinski definition) is 0. The normalized spacial score (nSPS) is 26.1. The van der Waals surface area contributed by atoms with Crippen molar-refractivity contribution in [1.82, 2.24) is 4.90 Å². The van der Waals surface area contributed by atoms with E-state index in [0.29, 0.717) is 12.1 Å². The summed E-state index contributed by atoms with van der Waals surface area (Å²) >= 11 is 0. The van der Waals surface area contributed by atoms with Crippen LogP contribution < -0.4 is 9.47 Å². The Kier molecular flexibility index (Phi) is 3.70. The molecular weight excluding hydrogens is 250 g/mol. The maximum atomic E-state index is 5.54. The molecule has 3 nitrogen and oxygen atoms in total. The quantitative estimate of drug-likeness (QED) is 0.843. The van der Waals surface area contributed by atoms with Crippen molar-refractivity contribution in [1.29, 1.82) is 0 Å². The van der Waals surface area contributed by atoms with Gasteiger partial charge in [0.25, 0.3) is 0 Å². The van der Waals surface area contributed by atoms with Gasteiger partial charge in [0.1, 0.15) is 11.5 Å². The number of likely N-dealkylation sites (N-methyl/N-ethyl adjacent to an activating group) is 1. The van der Waals surface area contributed by atoms with Crippen molar-refractivity contribution in [2.75, 3.05) is 21.3 Å². The largest absolute Gasteiger partial charge is 0.497 e. The molecule has 0 saturated carbocycles. The number of methoxy groups -OCH3 is 2. The van der Waals surface area contributed by atoms with E-state index in [2.05, 4.69) is 24.1 Å². The highest BCUT2D eigenvalue weighted by molar-refractivity contribution is 5.73. The van der Waals surface area contributed by atoms with Gasteiger partial charge in [-0.05, 0) is 50.1 Å². The Bertz CT molecular complexity index is 524. The number of fused-ring (bicyclic) bond motifs is 2. The van der Waals surface area contributed by atoms with Crippen molar-refractivity contribution in [2.45, 2.75) is 37.8 Å². The van der Waals surface area contributed by atoms with Gasteiger partial charge in [-0.15, -0.1) is 0 Å². The minimum absolute atomic E-state index is 0.577. The van der Waals surface area contributed by atoms with Crippen LogP contribution in [0.25, 0.3) is 5.57 Å². The Hall–Kier alpha value is -1.48. The molecule has 20 heavy (non-hydrogen) atoms. The molecule has 2 aliphatic rings. The highest BCUT2D eigenvalue weighted by Crippen LogP contribution is 2.39. The lowest BCUT2D eigenvalue weighted by atomic mass is 9.83. The van der Waals surface area contributed by atoms with E-state index in [4.69, 9.17) is 9.47 Å². The molecule has 0 N–H and O–H groups in total. The summed E-state index contributed by atoms with van der Waals surface area (Å²) in [5, 5.41) is 0. The number of ether oxygens (including phenoxy) is 2. The fourth-order valence-corrected chi connectivity index (χ4v) is 3.51. The fraction of sp³-hybridized carbons (Fsp3) is 0.529. The van der Waals surface area contributed by atoms with Crippen molar-refractivity contribution in [3.05, 3.63) is 29.8 Å². The van der Waals surface area contributed by atoms with Gasteiger partial charge in [-0.25, -0.2) is 0 Å². The van der Waals surface area contributed by atoms with Crippen molar-refractivity contribution in [3.63, 3.8) is 0 Å². The number of benzene rings is 1. The average Bonchev–Trinajstić information content (AvgIpc) is 2.46. The van der Waals surface area contributed by atoms with E-state index in [9.17, 15) is 0 Å². The Labute approximate surface area is 121 Å². The van der Waals surface area contributed by atoms with Crippen molar-refractivity contribution in [3.8, 4) is 11.5 Å². The number of hydrogen-bond acceptors (Lipinski definition) is 3. The molecule has 108 valence electrons. The van der Waals surface area contributed by atoms with Gasteiger partial charge in [0.15, 0.2) is 0 Å². The smallest absolute Gasteiger partial charge is 0.126 e. The molecular formula is C17H23NO2. The summed E-state index contributed by atoms with van der Waals surface area (Å²) in [6.07, 6.45) is 7.45. The zero-order chi connectivity index (χ0) is 14.1. The van der Waals surface area contributed by atoms with Gasteiger partial charge < -0.3 is 9.47 Å². The first kappa shape index (κ1) is 13.5. The van der Waals surface area contributed by atoms with Crippen LogP contribution >= 0.6 is 0 Å². The second-order valence-corrected chi connectivity index (χ2v) is 5.78. The highest BCUT2D eigenvalue weighted by atomic mass is 16.5. The second-order valence-electron chi connectivity index (χ2n) is 5.78. The molecule has 2 heterocycles. The molecule has 2 aliphatic heterocycles. The third kappa shape index (κ3) is 2.31. The SMILES string of the molecule is COc1ccc(OC)c(C2=CC3CCCC(C2)N3C)c1. The molecule has 1 saturated heterocycles. The number of piperidine rings is 1. The van der Waals surface area contributed by atoms with E-state index in [1.165, 1.54) is 30.4 Å². The minimum atomic E-state index is 0.577. The van der Waals surface area contributed by atoms with Gasteiger partial charge in [0.05, 0.1) is 14.2 Å². The molecule has 2 atom stereocenters. The molecule has 1 aromatic rings. The number of nitrogens with zero attached hydrogens (tertiary/aromatic N) is 1. The first-order valence-corrected chi connectivity index (χ1v) is 7.38. The van der Waals surface area contributed by atoms with Gasteiger partial charge in [-0.3, -0.25) is 4.90 Å². The van der Waals surface area contributed by atoms with Crippen molar-refractivity contribution >= 4 is 5.57 Å². The minimum Gasteiger partial charge on any atom is -0.497 e. The van der Waals surface area contributed by atoms with Crippen LogP contribution in [0, 0.1) is 0 Å². The van der Waals surface area contributed by atoms with Gasteiger partial charge in [-0.1, -0.05) is 12.5 Å². The van der Waals surface area contributed by atoms with Crippen LogP contribution in [-0.2, 0) is 0 Å². The monoisotopic (exact) mass is 273 g/mol. The zero-order valence-electron chi connectivity index (χ0n) is 12.6. The first-order chi connectivity index (χ1) is 9.72. The van der Waals surface area contributed by atoms with Crippen LogP contribution in [0.2, 0.25) is 0 Å². The predicted octanol–water partition coefficient (Wildman–Crippen LogP) is 3.34. The Balaban J connectivity index is 2.00. The lowest BCUT2D eigenvalue weighted by molar-refractivity contribution is 0.137. The van der Waals surface area contributed by atoms with E-state index < -0.39 is 0 Å². The van der Waals surface area contributed by atoms with Crippen LogP contribution in [0.4, 0.5) is 0 Å². The molecule has 0 radical (unpaired) electrons. The standard InChI is InChI=1S/C17H23NO2/c1-18-13-5-4-6-14(18)10-12(9-13)16-11-15(19-2)7-8-17(16)20-3/h7-9,11,13-14H,4-6,10H2,1-3H3. The highest BCUT2D eigenvalue weighted by Gasteiger charge is 2.32. The third-order valence-corrected chi connectivity index (χ3v) is 4.74. The topological polar surface area (TPSA) is 21.7 Å². The van der Waals surface area contributed by atoms with E-state index in [1.807, 2.05) is 12.1 Å². The fourth-order valence-electron chi connectivity index (χ4n) is 3.51. The summed E-state index contributed by atoms with van der Waals surface area (Å²) in [5.74, 6) is 1.84. The molecule has 3 heteroatoms. The first-order valence-electron chi connectivity index (χ1n) is 7.38. The maximum Gasteiger partial charge on any atom is 0.126 e. The lowest BCUT2D eigenvalue weighted by Gasteiger charge is -2.43. The molecule has 3 rings (SSSR count).